The number of anilines is 1. The molecule has 1 amide bonds. The van der Waals surface area contributed by atoms with Crippen molar-refractivity contribution in [2.75, 3.05) is 30.5 Å². The molecule has 1 fully saturated rings. The molecule has 1 atom stereocenters. The zero-order valence-corrected chi connectivity index (χ0v) is 16.0. The quantitative estimate of drug-likeness (QED) is 0.748. The zero-order chi connectivity index (χ0) is 19.3. The summed E-state index contributed by atoms with van der Waals surface area (Å²) in [7, 11) is -1.30. The summed E-state index contributed by atoms with van der Waals surface area (Å²) in [4.78, 5) is 16.3. The van der Waals surface area contributed by atoms with Gasteiger partial charge in [-0.25, -0.2) is 13.4 Å². The highest BCUT2D eigenvalue weighted by Crippen LogP contribution is 2.17. The first-order valence-electron chi connectivity index (χ1n) is 8.79. The van der Waals surface area contributed by atoms with Gasteiger partial charge in [0.1, 0.15) is 11.4 Å². The maximum absolute atomic E-state index is 12.2. The van der Waals surface area contributed by atoms with Crippen LogP contribution in [0.1, 0.15) is 22.5 Å². The molecule has 0 aliphatic carbocycles. The smallest absolute Gasteiger partial charge is 0.269 e. The lowest BCUT2D eigenvalue weighted by molar-refractivity contribution is 0.0949. The van der Waals surface area contributed by atoms with Crippen molar-refractivity contribution in [2.24, 2.45) is 0 Å². The van der Waals surface area contributed by atoms with Gasteiger partial charge in [-0.15, -0.1) is 0 Å². The van der Waals surface area contributed by atoms with E-state index >= 15 is 0 Å². The van der Waals surface area contributed by atoms with Crippen molar-refractivity contribution < 1.29 is 17.9 Å². The third-order valence-electron chi connectivity index (χ3n) is 4.46. The molecule has 2 heterocycles. The molecule has 0 bridgehead atoms. The molecule has 1 saturated heterocycles. The maximum atomic E-state index is 12.2. The number of hydrogen-bond acceptors (Lipinski definition) is 6. The molecule has 7 nitrogen and oxygen atoms in total. The summed E-state index contributed by atoms with van der Waals surface area (Å²) < 4.78 is 28.1. The van der Waals surface area contributed by atoms with Gasteiger partial charge in [-0.05, 0) is 42.7 Å². The van der Waals surface area contributed by atoms with Crippen molar-refractivity contribution in [3.8, 4) is 5.75 Å². The zero-order valence-electron chi connectivity index (χ0n) is 15.1. The van der Waals surface area contributed by atoms with Crippen LogP contribution in [-0.2, 0) is 16.3 Å². The number of rotatable bonds is 7. The number of carbonyl (C=O) groups excluding carboxylic acids is 1. The van der Waals surface area contributed by atoms with Gasteiger partial charge < -0.3 is 15.4 Å². The molecule has 1 aromatic carbocycles. The number of sulfone groups is 1. The predicted molar refractivity (Wildman–Crippen MR) is 104 cm³/mol. The molecule has 2 aromatic rings. The first-order valence-corrected chi connectivity index (χ1v) is 10.6. The molecule has 0 saturated carbocycles. The highest BCUT2D eigenvalue weighted by molar-refractivity contribution is 7.91. The van der Waals surface area contributed by atoms with Crippen LogP contribution in [0.4, 0.5) is 5.69 Å². The van der Waals surface area contributed by atoms with Crippen LogP contribution >= 0.6 is 0 Å². The fraction of sp³-hybridized carbons (Fsp3) is 0.368. The van der Waals surface area contributed by atoms with Gasteiger partial charge in [0.05, 0.1) is 30.5 Å². The number of aromatic nitrogens is 1. The van der Waals surface area contributed by atoms with Crippen LogP contribution in [0.5, 0.6) is 5.75 Å². The largest absolute Gasteiger partial charge is 0.497 e. The van der Waals surface area contributed by atoms with E-state index in [0.717, 1.165) is 11.3 Å². The van der Waals surface area contributed by atoms with E-state index in [4.69, 9.17) is 4.74 Å². The minimum atomic E-state index is -2.93. The van der Waals surface area contributed by atoms with Crippen molar-refractivity contribution in [3.05, 3.63) is 53.9 Å². The lowest BCUT2D eigenvalue weighted by Gasteiger charge is -2.12. The molecule has 27 heavy (non-hydrogen) atoms. The summed E-state index contributed by atoms with van der Waals surface area (Å²) in [5.41, 5.74) is 2.15. The molecule has 1 aliphatic rings. The Balaban J connectivity index is 1.47. The van der Waals surface area contributed by atoms with Crippen molar-refractivity contribution in [1.82, 2.24) is 10.3 Å². The molecule has 3 rings (SSSR count). The average Bonchev–Trinajstić information content (AvgIpc) is 3.01. The third kappa shape index (κ3) is 5.43. The molecular formula is C19H23N3O4S. The van der Waals surface area contributed by atoms with Crippen LogP contribution < -0.4 is 15.4 Å². The van der Waals surface area contributed by atoms with Crippen LogP contribution in [0.2, 0.25) is 0 Å². The Kier molecular flexibility index (Phi) is 5.95. The second kappa shape index (κ2) is 8.39. The molecule has 0 spiro atoms. The fourth-order valence-electron chi connectivity index (χ4n) is 2.96. The van der Waals surface area contributed by atoms with E-state index < -0.39 is 9.84 Å². The number of amides is 1. The molecule has 0 radical (unpaired) electrons. The van der Waals surface area contributed by atoms with Crippen molar-refractivity contribution in [3.63, 3.8) is 0 Å². The van der Waals surface area contributed by atoms with Crippen LogP contribution in [0.25, 0.3) is 0 Å². The van der Waals surface area contributed by atoms with Gasteiger partial charge in [-0.2, -0.15) is 0 Å². The van der Waals surface area contributed by atoms with Crippen molar-refractivity contribution in [2.45, 2.75) is 18.9 Å². The number of hydrogen-bond donors (Lipinski definition) is 2. The Labute approximate surface area is 159 Å². The van der Waals surface area contributed by atoms with E-state index in [-0.39, 0.29) is 23.5 Å². The van der Waals surface area contributed by atoms with Crippen LogP contribution in [0.15, 0.2) is 42.6 Å². The number of nitrogens with zero attached hydrogens (tertiary/aromatic N) is 1. The third-order valence-corrected chi connectivity index (χ3v) is 6.23. The Hall–Kier alpha value is -2.61. The molecule has 1 aromatic heterocycles. The maximum Gasteiger partial charge on any atom is 0.269 e. The predicted octanol–water partition coefficient (Wildman–Crippen LogP) is 1.66. The molecule has 1 unspecified atom stereocenters. The van der Waals surface area contributed by atoms with Gasteiger partial charge in [-0.1, -0.05) is 12.1 Å². The Morgan fingerprint density at radius 1 is 1.22 bits per heavy atom. The number of nitrogens with one attached hydrogen (secondary N) is 2. The number of benzene rings is 1. The Bertz CT molecular complexity index is 880. The summed E-state index contributed by atoms with van der Waals surface area (Å²) in [6.07, 6.45) is 2.87. The first kappa shape index (κ1) is 19.2. The van der Waals surface area contributed by atoms with Gasteiger partial charge in [0.25, 0.3) is 5.91 Å². The second-order valence-corrected chi connectivity index (χ2v) is 8.76. The Morgan fingerprint density at radius 3 is 2.59 bits per heavy atom. The number of methoxy groups -OCH3 is 1. The normalized spacial score (nSPS) is 18.0. The lowest BCUT2D eigenvalue weighted by atomic mass is 10.1. The molecule has 144 valence electrons. The van der Waals surface area contributed by atoms with Gasteiger partial charge >= 0.3 is 0 Å². The number of carbonyl (C=O) groups is 1. The molecule has 1 aliphatic heterocycles. The van der Waals surface area contributed by atoms with E-state index in [1.165, 1.54) is 0 Å². The van der Waals surface area contributed by atoms with Crippen LogP contribution in [0, 0.1) is 0 Å². The van der Waals surface area contributed by atoms with Gasteiger partial charge in [0.2, 0.25) is 0 Å². The number of ether oxygens (including phenoxy) is 1. The topological polar surface area (TPSA) is 97.4 Å². The van der Waals surface area contributed by atoms with Crippen molar-refractivity contribution >= 4 is 21.4 Å². The van der Waals surface area contributed by atoms with E-state index in [2.05, 4.69) is 15.6 Å². The Morgan fingerprint density at radius 2 is 2.00 bits per heavy atom. The summed E-state index contributed by atoms with van der Waals surface area (Å²) >= 11 is 0. The molecule has 2 N–H and O–H groups in total. The van der Waals surface area contributed by atoms with Crippen molar-refractivity contribution in [1.29, 1.82) is 0 Å². The second-order valence-electron chi connectivity index (χ2n) is 6.53. The standard InChI is InChI=1S/C19H23N3O4S/c1-26-17-5-2-14(3-6-17)8-10-20-19(23)18-7-4-15(12-21-18)22-16-9-11-27(24,25)13-16/h2-7,12,16,22H,8-11,13H2,1H3,(H,20,23). The summed E-state index contributed by atoms with van der Waals surface area (Å²) in [5, 5.41) is 6.00. The monoisotopic (exact) mass is 389 g/mol. The van der Waals surface area contributed by atoms with E-state index in [1.54, 1.807) is 25.4 Å². The summed E-state index contributed by atoms with van der Waals surface area (Å²) in [6.45, 7) is 0.507. The van der Waals surface area contributed by atoms with E-state index in [9.17, 15) is 13.2 Å². The summed E-state index contributed by atoms with van der Waals surface area (Å²) in [5.74, 6) is 0.919. The average molecular weight is 389 g/mol. The minimum Gasteiger partial charge on any atom is -0.497 e. The highest BCUT2D eigenvalue weighted by atomic mass is 32.2. The van der Waals surface area contributed by atoms with E-state index in [0.29, 0.717) is 30.8 Å². The lowest BCUT2D eigenvalue weighted by Crippen LogP contribution is -2.26. The summed E-state index contributed by atoms with van der Waals surface area (Å²) in [6, 6.07) is 11.0. The van der Waals surface area contributed by atoms with Gasteiger partial charge in [0.15, 0.2) is 9.84 Å². The van der Waals surface area contributed by atoms with E-state index in [1.807, 2.05) is 24.3 Å². The van der Waals surface area contributed by atoms with Crippen LogP contribution in [0.3, 0.4) is 0 Å². The highest BCUT2D eigenvalue weighted by Gasteiger charge is 2.27. The van der Waals surface area contributed by atoms with Crippen LogP contribution in [-0.4, -0.2) is 50.5 Å². The number of pyridine rings is 1. The minimum absolute atomic E-state index is 0.0963. The van der Waals surface area contributed by atoms with Gasteiger partial charge in [0, 0.05) is 12.6 Å². The fourth-order valence-corrected chi connectivity index (χ4v) is 4.63. The SMILES string of the molecule is COc1ccc(CCNC(=O)c2ccc(NC3CCS(=O)(=O)C3)cn2)cc1. The molecule has 8 heteroatoms. The molecular weight excluding hydrogens is 366 g/mol. The first-order chi connectivity index (χ1) is 12.9. The van der Waals surface area contributed by atoms with Gasteiger partial charge in [-0.3, -0.25) is 4.79 Å².